The molecule has 0 spiro atoms. The Balaban J connectivity index is 2.43. The molecule has 0 bridgehead atoms. The predicted molar refractivity (Wildman–Crippen MR) is 75.9 cm³/mol. The first kappa shape index (κ1) is 15.5. The summed E-state index contributed by atoms with van der Waals surface area (Å²) < 4.78 is 5.62. The van der Waals surface area contributed by atoms with Crippen molar-refractivity contribution in [1.82, 2.24) is 4.90 Å². The molecule has 106 valence electrons. The van der Waals surface area contributed by atoms with Crippen molar-refractivity contribution in [3.63, 3.8) is 0 Å². The van der Waals surface area contributed by atoms with Gasteiger partial charge in [-0.15, -0.1) is 0 Å². The van der Waals surface area contributed by atoms with E-state index < -0.39 is 5.97 Å². The lowest BCUT2D eigenvalue weighted by molar-refractivity contribution is 0.0697. The molecule has 4 nitrogen and oxygen atoms in total. The number of aromatic carboxylic acids is 1. The highest BCUT2D eigenvalue weighted by Crippen LogP contribution is 2.16. The van der Waals surface area contributed by atoms with Crippen LogP contribution in [-0.2, 0) is 0 Å². The maximum atomic E-state index is 10.7. The number of benzene rings is 1. The van der Waals surface area contributed by atoms with E-state index in [4.69, 9.17) is 9.84 Å². The van der Waals surface area contributed by atoms with Crippen LogP contribution in [0.4, 0.5) is 0 Å². The number of rotatable bonds is 7. The van der Waals surface area contributed by atoms with E-state index in [0.29, 0.717) is 12.4 Å². The first-order valence-corrected chi connectivity index (χ1v) is 6.54. The summed E-state index contributed by atoms with van der Waals surface area (Å²) in [7, 11) is 2.08. The Bertz CT molecular complexity index is 412. The van der Waals surface area contributed by atoms with Crippen molar-refractivity contribution in [2.45, 2.75) is 32.7 Å². The molecule has 0 aromatic heterocycles. The minimum absolute atomic E-state index is 0.163. The molecule has 1 aromatic rings. The van der Waals surface area contributed by atoms with Gasteiger partial charge in [0.1, 0.15) is 12.4 Å². The topological polar surface area (TPSA) is 49.8 Å². The average Bonchev–Trinajstić information content (AvgIpc) is 2.39. The highest BCUT2D eigenvalue weighted by molar-refractivity contribution is 5.87. The minimum Gasteiger partial charge on any atom is -0.492 e. The van der Waals surface area contributed by atoms with Gasteiger partial charge in [0, 0.05) is 12.1 Å². The molecule has 0 aliphatic rings. The van der Waals surface area contributed by atoms with E-state index in [1.807, 2.05) is 0 Å². The Kier molecular flexibility index (Phi) is 5.36. The van der Waals surface area contributed by atoms with Crippen LogP contribution in [0.25, 0.3) is 0 Å². The van der Waals surface area contributed by atoms with Gasteiger partial charge in [-0.2, -0.15) is 0 Å². The summed E-state index contributed by atoms with van der Waals surface area (Å²) in [4.78, 5) is 13.0. The fraction of sp³-hybridized carbons (Fsp3) is 0.533. The molecule has 0 radical (unpaired) electrons. The minimum atomic E-state index is -0.920. The molecule has 0 atom stereocenters. The highest BCUT2D eigenvalue weighted by atomic mass is 16.5. The highest BCUT2D eigenvalue weighted by Gasteiger charge is 2.20. The van der Waals surface area contributed by atoms with E-state index in [9.17, 15) is 4.79 Å². The number of carbonyl (C=O) groups is 1. The maximum Gasteiger partial charge on any atom is 0.335 e. The van der Waals surface area contributed by atoms with Gasteiger partial charge in [-0.1, -0.05) is 6.92 Å². The molecular weight excluding hydrogens is 242 g/mol. The van der Waals surface area contributed by atoms with E-state index in [1.54, 1.807) is 24.3 Å². The van der Waals surface area contributed by atoms with Crippen molar-refractivity contribution >= 4 is 5.97 Å². The number of hydrogen-bond acceptors (Lipinski definition) is 3. The Morgan fingerprint density at radius 2 is 1.89 bits per heavy atom. The van der Waals surface area contributed by atoms with Crippen LogP contribution >= 0.6 is 0 Å². The summed E-state index contributed by atoms with van der Waals surface area (Å²) in [6, 6.07) is 6.48. The van der Waals surface area contributed by atoms with Gasteiger partial charge in [-0.3, -0.25) is 4.90 Å². The molecule has 0 saturated heterocycles. The van der Waals surface area contributed by atoms with Gasteiger partial charge in [0.15, 0.2) is 0 Å². The SMILES string of the molecule is CCC(C)(C)N(C)CCOc1ccc(C(=O)O)cc1. The molecule has 1 aromatic carbocycles. The van der Waals surface area contributed by atoms with Gasteiger partial charge in [0.2, 0.25) is 0 Å². The second-order valence-electron chi connectivity index (χ2n) is 5.27. The van der Waals surface area contributed by atoms with E-state index in [2.05, 4.69) is 32.7 Å². The zero-order chi connectivity index (χ0) is 14.5. The number of carboxylic acid groups (broad SMARTS) is 1. The first-order chi connectivity index (χ1) is 8.86. The van der Waals surface area contributed by atoms with E-state index >= 15 is 0 Å². The third kappa shape index (κ3) is 4.56. The smallest absolute Gasteiger partial charge is 0.335 e. The van der Waals surface area contributed by atoms with Gasteiger partial charge in [0.05, 0.1) is 5.56 Å². The van der Waals surface area contributed by atoms with Crippen molar-refractivity contribution in [3.8, 4) is 5.75 Å². The predicted octanol–water partition coefficient (Wildman–Crippen LogP) is 2.88. The van der Waals surface area contributed by atoms with Gasteiger partial charge >= 0.3 is 5.97 Å². The Morgan fingerprint density at radius 3 is 2.37 bits per heavy atom. The molecule has 0 aliphatic heterocycles. The van der Waals surface area contributed by atoms with Crippen molar-refractivity contribution in [1.29, 1.82) is 0 Å². The Labute approximate surface area is 115 Å². The van der Waals surface area contributed by atoms with Crippen LogP contribution in [0, 0.1) is 0 Å². The molecule has 0 heterocycles. The summed E-state index contributed by atoms with van der Waals surface area (Å²) in [5.74, 6) is -0.219. The number of nitrogens with zero attached hydrogens (tertiary/aromatic N) is 1. The molecule has 0 aliphatic carbocycles. The lowest BCUT2D eigenvalue weighted by Crippen LogP contribution is -2.42. The average molecular weight is 265 g/mol. The molecule has 1 rings (SSSR count). The zero-order valence-electron chi connectivity index (χ0n) is 12.1. The molecule has 0 saturated carbocycles. The fourth-order valence-electron chi connectivity index (χ4n) is 1.57. The largest absolute Gasteiger partial charge is 0.492 e. The molecule has 4 heteroatoms. The molecule has 0 amide bonds. The Morgan fingerprint density at radius 1 is 1.32 bits per heavy atom. The monoisotopic (exact) mass is 265 g/mol. The number of carboxylic acids is 1. The molecule has 0 unspecified atom stereocenters. The van der Waals surface area contributed by atoms with Crippen LogP contribution < -0.4 is 4.74 Å². The summed E-state index contributed by atoms with van der Waals surface area (Å²) >= 11 is 0. The molecule has 19 heavy (non-hydrogen) atoms. The summed E-state index contributed by atoms with van der Waals surface area (Å²) in [6.07, 6.45) is 1.08. The Hall–Kier alpha value is -1.55. The van der Waals surface area contributed by atoms with Crippen LogP contribution in [0.15, 0.2) is 24.3 Å². The van der Waals surface area contributed by atoms with Crippen molar-refractivity contribution in [2.75, 3.05) is 20.2 Å². The summed E-state index contributed by atoms with van der Waals surface area (Å²) in [5, 5.41) is 8.79. The maximum absolute atomic E-state index is 10.7. The number of hydrogen-bond donors (Lipinski definition) is 1. The first-order valence-electron chi connectivity index (χ1n) is 6.54. The number of likely N-dealkylation sites (N-methyl/N-ethyl adjacent to an activating group) is 1. The van der Waals surface area contributed by atoms with Gasteiger partial charge in [-0.05, 0) is 51.6 Å². The van der Waals surface area contributed by atoms with Crippen LogP contribution in [0.1, 0.15) is 37.6 Å². The standard InChI is InChI=1S/C15H23NO3/c1-5-15(2,3)16(4)10-11-19-13-8-6-12(7-9-13)14(17)18/h6-9H,5,10-11H2,1-4H3,(H,17,18). The number of ether oxygens (including phenoxy) is 1. The van der Waals surface area contributed by atoms with E-state index in [-0.39, 0.29) is 11.1 Å². The van der Waals surface area contributed by atoms with Crippen molar-refractivity contribution in [3.05, 3.63) is 29.8 Å². The second kappa shape index (κ2) is 6.57. The third-order valence-corrected chi connectivity index (χ3v) is 3.70. The normalized spacial score (nSPS) is 11.6. The van der Waals surface area contributed by atoms with Crippen molar-refractivity contribution < 1.29 is 14.6 Å². The van der Waals surface area contributed by atoms with Crippen LogP contribution in [0.3, 0.4) is 0 Å². The molecular formula is C15H23NO3. The zero-order valence-corrected chi connectivity index (χ0v) is 12.1. The lowest BCUT2D eigenvalue weighted by Gasteiger charge is -2.34. The fourth-order valence-corrected chi connectivity index (χ4v) is 1.57. The summed E-state index contributed by atoms with van der Waals surface area (Å²) in [5.41, 5.74) is 0.438. The third-order valence-electron chi connectivity index (χ3n) is 3.70. The molecule has 1 N–H and O–H groups in total. The van der Waals surface area contributed by atoms with E-state index in [0.717, 1.165) is 13.0 Å². The quantitative estimate of drug-likeness (QED) is 0.823. The van der Waals surface area contributed by atoms with Crippen molar-refractivity contribution in [2.24, 2.45) is 0 Å². The van der Waals surface area contributed by atoms with Crippen LogP contribution in [-0.4, -0.2) is 41.7 Å². The molecule has 0 fully saturated rings. The lowest BCUT2D eigenvalue weighted by atomic mass is 10.0. The van der Waals surface area contributed by atoms with Crippen LogP contribution in [0.2, 0.25) is 0 Å². The van der Waals surface area contributed by atoms with Gasteiger partial charge in [-0.25, -0.2) is 4.79 Å². The summed E-state index contributed by atoms with van der Waals surface area (Å²) in [6.45, 7) is 8.00. The second-order valence-corrected chi connectivity index (χ2v) is 5.27. The van der Waals surface area contributed by atoms with Gasteiger partial charge in [0.25, 0.3) is 0 Å². The van der Waals surface area contributed by atoms with Crippen LogP contribution in [0.5, 0.6) is 5.75 Å². The van der Waals surface area contributed by atoms with E-state index in [1.165, 1.54) is 0 Å². The van der Waals surface area contributed by atoms with Gasteiger partial charge < -0.3 is 9.84 Å².